The number of hydrogen-bond acceptors (Lipinski definition) is 1. The Morgan fingerprint density at radius 1 is 1.08 bits per heavy atom. The fourth-order valence-corrected chi connectivity index (χ4v) is 1.66. The Bertz CT molecular complexity index is 225. The summed E-state index contributed by atoms with van der Waals surface area (Å²) in [5.41, 5.74) is 0.217. The van der Waals surface area contributed by atoms with Crippen LogP contribution >= 0.6 is 0 Å². The van der Waals surface area contributed by atoms with Crippen LogP contribution in [-0.4, -0.2) is 15.2 Å². The first kappa shape index (κ1) is 9.48. The maximum atomic E-state index is 3.47. The van der Waals surface area contributed by atoms with Gasteiger partial charge in [-0.1, -0.05) is 30.3 Å². The van der Waals surface area contributed by atoms with E-state index >= 15 is 0 Å². The van der Waals surface area contributed by atoms with Crippen molar-refractivity contribution < 1.29 is 0 Å². The molecular weight excluding hydrogens is 162 g/mol. The van der Waals surface area contributed by atoms with Crippen LogP contribution in [0.5, 0.6) is 0 Å². The van der Waals surface area contributed by atoms with Crippen molar-refractivity contribution in [1.82, 2.24) is 4.98 Å². The van der Waals surface area contributed by atoms with Gasteiger partial charge in [-0.3, -0.25) is 0 Å². The molecule has 0 bridgehead atoms. The zero-order valence-electron chi connectivity index (χ0n) is 7.89. The third kappa shape index (κ3) is 3.69. The molecule has 0 amide bonds. The zero-order chi connectivity index (χ0) is 9.03. The van der Waals surface area contributed by atoms with Crippen molar-refractivity contribution in [3.63, 3.8) is 0 Å². The first-order chi connectivity index (χ1) is 5.58. The zero-order valence-corrected chi connectivity index (χ0v) is 8.89. The standard InChI is InChI=1S/C10H15NSi/c1-10(2,3)11-12-9-7-5-4-6-8-9/h4-8,11H,1-3H3. The molecule has 0 saturated heterocycles. The van der Waals surface area contributed by atoms with Crippen LogP contribution in [0, 0.1) is 0 Å². The van der Waals surface area contributed by atoms with Crippen LogP contribution < -0.4 is 10.2 Å². The maximum absolute atomic E-state index is 3.47. The van der Waals surface area contributed by atoms with Gasteiger partial charge < -0.3 is 4.98 Å². The lowest BCUT2D eigenvalue weighted by Gasteiger charge is -2.19. The van der Waals surface area contributed by atoms with Crippen LogP contribution in [0.15, 0.2) is 30.3 Å². The first-order valence-electron chi connectivity index (χ1n) is 4.16. The molecular formula is C10H15NSi. The van der Waals surface area contributed by atoms with E-state index in [2.05, 4.69) is 50.0 Å². The average Bonchev–Trinajstić information content (AvgIpc) is 2.02. The molecule has 1 aromatic carbocycles. The molecule has 12 heavy (non-hydrogen) atoms. The first-order valence-corrected chi connectivity index (χ1v) is 5.16. The van der Waals surface area contributed by atoms with Crippen LogP contribution in [0.4, 0.5) is 0 Å². The molecule has 0 aromatic heterocycles. The Kier molecular flexibility index (Phi) is 3.06. The number of rotatable bonds is 2. The van der Waals surface area contributed by atoms with Gasteiger partial charge in [0, 0.05) is 5.54 Å². The third-order valence-electron chi connectivity index (χ3n) is 1.36. The minimum absolute atomic E-state index is 0.217. The van der Waals surface area contributed by atoms with Crippen LogP contribution in [0.25, 0.3) is 0 Å². The van der Waals surface area contributed by atoms with E-state index < -0.39 is 0 Å². The lowest BCUT2D eigenvalue weighted by Crippen LogP contribution is -2.43. The Hall–Kier alpha value is -0.603. The molecule has 0 unspecified atom stereocenters. The summed E-state index contributed by atoms with van der Waals surface area (Å²) in [5, 5.41) is 1.37. The smallest absolute Gasteiger partial charge is 0.180 e. The highest BCUT2D eigenvalue weighted by Crippen LogP contribution is 1.95. The van der Waals surface area contributed by atoms with E-state index in [0.717, 1.165) is 0 Å². The van der Waals surface area contributed by atoms with Crippen LogP contribution in [-0.2, 0) is 0 Å². The van der Waals surface area contributed by atoms with Gasteiger partial charge in [0.15, 0.2) is 9.68 Å². The predicted molar refractivity (Wildman–Crippen MR) is 54.7 cm³/mol. The van der Waals surface area contributed by atoms with Crippen LogP contribution in [0.2, 0.25) is 0 Å². The van der Waals surface area contributed by atoms with Gasteiger partial charge in [-0.25, -0.2) is 0 Å². The second-order valence-electron chi connectivity index (χ2n) is 3.87. The Balaban J connectivity index is 2.44. The number of nitrogens with one attached hydrogen (secondary N) is 1. The highest BCUT2D eigenvalue weighted by molar-refractivity contribution is 6.50. The Morgan fingerprint density at radius 3 is 2.17 bits per heavy atom. The van der Waals surface area contributed by atoms with Crippen LogP contribution in [0.1, 0.15) is 20.8 Å². The van der Waals surface area contributed by atoms with Gasteiger partial charge in [0.1, 0.15) is 0 Å². The molecule has 0 aliphatic heterocycles. The van der Waals surface area contributed by atoms with Crippen molar-refractivity contribution in [2.24, 2.45) is 0 Å². The third-order valence-corrected chi connectivity index (χ3v) is 2.85. The van der Waals surface area contributed by atoms with Gasteiger partial charge in [-0.2, -0.15) is 0 Å². The number of hydrogen-bond donors (Lipinski definition) is 1. The SMILES string of the molecule is CC(C)(C)N[Si]c1ccccc1. The fourth-order valence-electron chi connectivity index (χ4n) is 0.781. The molecule has 0 fully saturated rings. The largest absolute Gasteiger partial charge is 0.331 e. The predicted octanol–water partition coefficient (Wildman–Crippen LogP) is 1.32. The summed E-state index contributed by atoms with van der Waals surface area (Å²) in [6.07, 6.45) is 0. The van der Waals surface area contributed by atoms with Gasteiger partial charge in [0.2, 0.25) is 0 Å². The normalized spacial score (nSPS) is 11.6. The lowest BCUT2D eigenvalue weighted by atomic mass is 10.1. The van der Waals surface area contributed by atoms with E-state index in [1.807, 2.05) is 6.07 Å². The van der Waals surface area contributed by atoms with Crippen molar-refractivity contribution in [2.75, 3.05) is 0 Å². The monoisotopic (exact) mass is 177 g/mol. The minimum atomic E-state index is 0.217. The van der Waals surface area contributed by atoms with E-state index in [1.165, 1.54) is 5.19 Å². The summed E-state index contributed by atoms with van der Waals surface area (Å²) in [5.74, 6) is 0. The van der Waals surface area contributed by atoms with E-state index in [-0.39, 0.29) is 5.54 Å². The molecule has 0 heterocycles. The molecule has 0 atom stereocenters. The molecule has 2 radical (unpaired) electrons. The van der Waals surface area contributed by atoms with Crippen LogP contribution in [0.3, 0.4) is 0 Å². The fraction of sp³-hybridized carbons (Fsp3) is 0.400. The molecule has 0 spiro atoms. The van der Waals surface area contributed by atoms with Crippen molar-refractivity contribution in [1.29, 1.82) is 0 Å². The van der Waals surface area contributed by atoms with E-state index in [1.54, 1.807) is 0 Å². The summed E-state index contributed by atoms with van der Waals surface area (Å²) >= 11 is 0. The summed E-state index contributed by atoms with van der Waals surface area (Å²) in [6, 6.07) is 10.5. The second-order valence-corrected chi connectivity index (χ2v) is 4.94. The summed E-state index contributed by atoms with van der Waals surface area (Å²) in [7, 11) is 0.706. The van der Waals surface area contributed by atoms with Crippen molar-refractivity contribution in [3.8, 4) is 0 Å². The molecule has 1 rings (SSSR count). The van der Waals surface area contributed by atoms with Gasteiger partial charge in [0.25, 0.3) is 0 Å². The van der Waals surface area contributed by atoms with Crippen molar-refractivity contribution >= 4 is 14.9 Å². The van der Waals surface area contributed by atoms with Crippen molar-refractivity contribution in [3.05, 3.63) is 30.3 Å². The van der Waals surface area contributed by atoms with Gasteiger partial charge in [0.05, 0.1) is 0 Å². The molecule has 0 saturated carbocycles. The molecule has 0 aliphatic carbocycles. The van der Waals surface area contributed by atoms with E-state index in [0.29, 0.717) is 9.68 Å². The topological polar surface area (TPSA) is 12.0 Å². The highest BCUT2D eigenvalue weighted by Gasteiger charge is 2.08. The molecule has 0 aliphatic rings. The lowest BCUT2D eigenvalue weighted by molar-refractivity contribution is 0.525. The van der Waals surface area contributed by atoms with Gasteiger partial charge in [-0.15, -0.1) is 0 Å². The molecule has 1 nitrogen and oxygen atoms in total. The summed E-state index contributed by atoms with van der Waals surface area (Å²) in [6.45, 7) is 6.55. The Morgan fingerprint density at radius 2 is 1.67 bits per heavy atom. The highest BCUT2D eigenvalue weighted by atomic mass is 28.2. The summed E-state index contributed by atoms with van der Waals surface area (Å²) < 4.78 is 0. The van der Waals surface area contributed by atoms with Gasteiger partial charge >= 0.3 is 0 Å². The summed E-state index contributed by atoms with van der Waals surface area (Å²) in [4.78, 5) is 3.47. The molecule has 64 valence electrons. The minimum Gasteiger partial charge on any atom is -0.331 e. The number of benzene rings is 1. The van der Waals surface area contributed by atoms with E-state index in [9.17, 15) is 0 Å². The Labute approximate surface area is 77.1 Å². The van der Waals surface area contributed by atoms with Crippen molar-refractivity contribution in [2.45, 2.75) is 26.3 Å². The quantitative estimate of drug-likeness (QED) is 0.672. The van der Waals surface area contributed by atoms with E-state index in [4.69, 9.17) is 0 Å². The molecule has 1 N–H and O–H groups in total. The molecule has 1 aromatic rings. The van der Waals surface area contributed by atoms with Gasteiger partial charge in [-0.05, 0) is 26.0 Å². The average molecular weight is 177 g/mol. The molecule has 2 heteroatoms. The second kappa shape index (κ2) is 3.87. The maximum Gasteiger partial charge on any atom is 0.180 e.